The molecule has 0 radical (unpaired) electrons. The summed E-state index contributed by atoms with van der Waals surface area (Å²) >= 11 is 0. The summed E-state index contributed by atoms with van der Waals surface area (Å²) in [5.74, 6) is 1.00. The lowest BCUT2D eigenvalue weighted by molar-refractivity contribution is -0.496. The monoisotopic (exact) mass is 216 g/mol. The van der Waals surface area contributed by atoms with Crippen molar-refractivity contribution in [2.75, 3.05) is 13.1 Å². The molecule has 1 saturated heterocycles. The largest absolute Gasteiger partial charge is 0.715 e. The third kappa shape index (κ3) is 1.47. The average molecular weight is 216 g/mol. The lowest BCUT2D eigenvalue weighted by Crippen LogP contribution is -2.33. The number of hydrogen-bond acceptors (Lipinski definition) is 2. The lowest BCUT2D eigenvalue weighted by Gasteiger charge is -2.18. The Morgan fingerprint density at radius 1 is 1.19 bits per heavy atom. The molecule has 3 rings (SSSR count). The van der Waals surface area contributed by atoms with Crippen molar-refractivity contribution in [1.29, 1.82) is 0 Å². The molecule has 2 heterocycles. The van der Waals surface area contributed by atoms with E-state index >= 15 is 0 Å². The summed E-state index contributed by atoms with van der Waals surface area (Å²) in [5, 5.41) is 12.2. The zero-order valence-corrected chi connectivity index (χ0v) is 9.30. The smallest absolute Gasteiger partial charge is 0.250 e. The first-order valence-corrected chi connectivity index (χ1v) is 5.98. The molecule has 16 heavy (non-hydrogen) atoms. The van der Waals surface area contributed by atoms with Crippen LogP contribution < -0.4 is 0 Å². The number of nitrogens with zero attached hydrogens (tertiary/aromatic N) is 2. The molecular formula is C13H16N2O. The van der Waals surface area contributed by atoms with Crippen LogP contribution in [0.3, 0.4) is 0 Å². The van der Waals surface area contributed by atoms with Crippen molar-refractivity contribution in [2.24, 2.45) is 0 Å². The maximum Gasteiger partial charge on any atom is 0.250 e. The zero-order valence-electron chi connectivity index (χ0n) is 9.30. The van der Waals surface area contributed by atoms with Gasteiger partial charge in [-0.05, 0) is 12.8 Å². The van der Waals surface area contributed by atoms with Crippen molar-refractivity contribution in [3.8, 4) is 0 Å². The van der Waals surface area contributed by atoms with Gasteiger partial charge in [0.05, 0.1) is 6.54 Å². The number of amidine groups is 1. The van der Waals surface area contributed by atoms with E-state index < -0.39 is 0 Å². The van der Waals surface area contributed by atoms with Gasteiger partial charge in [-0.25, -0.2) is 0 Å². The van der Waals surface area contributed by atoms with E-state index in [2.05, 4.69) is 17.0 Å². The Balaban J connectivity index is 1.92. The molecule has 1 fully saturated rings. The van der Waals surface area contributed by atoms with Crippen molar-refractivity contribution >= 4 is 5.84 Å². The minimum Gasteiger partial charge on any atom is -0.715 e. The molecule has 2 aliphatic rings. The molecule has 0 amide bonds. The molecule has 1 unspecified atom stereocenters. The summed E-state index contributed by atoms with van der Waals surface area (Å²) in [5.41, 5.74) is 1.14. The van der Waals surface area contributed by atoms with Gasteiger partial charge in [0.2, 0.25) is 0 Å². The number of piperidine rings is 1. The Morgan fingerprint density at radius 2 is 2.00 bits per heavy atom. The van der Waals surface area contributed by atoms with Crippen LogP contribution in [0.5, 0.6) is 0 Å². The van der Waals surface area contributed by atoms with Crippen LogP contribution in [-0.4, -0.2) is 28.6 Å². The van der Waals surface area contributed by atoms with Gasteiger partial charge in [-0.3, -0.25) is 9.64 Å². The van der Waals surface area contributed by atoms with Crippen LogP contribution in [-0.2, 0) is 0 Å². The number of rotatable bonds is 1. The van der Waals surface area contributed by atoms with Crippen molar-refractivity contribution < 1.29 is 4.74 Å². The van der Waals surface area contributed by atoms with Crippen LogP contribution >= 0.6 is 0 Å². The molecule has 3 heteroatoms. The highest BCUT2D eigenvalue weighted by Gasteiger charge is 2.37. The van der Waals surface area contributed by atoms with Crippen LogP contribution in [0, 0.1) is 5.21 Å². The Morgan fingerprint density at radius 3 is 2.75 bits per heavy atom. The van der Waals surface area contributed by atoms with E-state index in [0.29, 0.717) is 0 Å². The first-order valence-electron chi connectivity index (χ1n) is 5.98. The van der Waals surface area contributed by atoms with Crippen LogP contribution in [0.2, 0.25) is 0 Å². The van der Waals surface area contributed by atoms with Gasteiger partial charge in [0.1, 0.15) is 6.54 Å². The van der Waals surface area contributed by atoms with Crippen molar-refractivity contribution in [1.82, 2.24) is 4.90 Å². The molecule has 1 atom stereocenters. The van der Waals surface area contributed by atoms with Gasteiger partial charge in [0.25, 0.3) is 5.84 Å². The molecule has 3 nitrogen and oxygen atoms in total. The number of hydrogen-bond donors (Lipinski definition) is 0. The van der Waals surface area contributed by atoms with Crippen LogP contribution in [0.15, 0.2) is 30.3 Å². The quantitative estimate of drug-likeness (QED) is 0.531. The van der Waals surface area contributed by atoms with E-state index in [-0.39, 0.29) is 6.04 Å². The third-order valence-electron chi connectivity index (χ3n) is 3.56. The molecule has 0 bridgehead atoms. The van der Waals surface area contributed by atoms with Gasteiger partial charge >= 0.3 is 0 Å². The number of benzene rings is 1. The number of fused-ring (bicyclic) bond motifs is 1. The molecule has 1 aromatic rings. The van der Waals surface area contributed by atoms with Crippen molar-refractivity contribution in [2.45, 2.75) is 25.3 Å². The third-order valence-corrected chi connectivity index (χ3v) is 3.56. The minimum absolute atomic E-state index is 0.00861. The second kappa shape index (κ2) is 3.81. The fourth-order valence-electron chi connectivity index (χ4n) is 2.70. The molecule has 0 aromatic heterocycles. The highest BCUT2D eigenvalue weighted by molar-refractivity contribution is 5.79. The molecule has 1 aromatic carbocycles. The van der Waals surface area contributed by atoms with E-state index in [1.54, 1.807) is 0 Å². The van der Waals surface area contributed by atoms with Crippen molar-refractivity contribution in [3.63, 3.8) is 0 Å². The lowest BCUT2D eigenvalue weighted by atomic mass is 10.1. The van der Waals surface area contributed by atoms with Crippen molar-refractivity contribution in [3.05, 3.63) is 41.1 Å². The van der Waals surface area contributed by atoms with Gasteiger partial charge in [0, 0.05) is 12.0 Å². The second-order valence-electron chi connectivity index (χ2n) is 4.57. The highest BCUT2D eigenvalue weighted by atomic mass is 16.5. The normalized spacial score (nSPS) is 24.8. The molecule has 0 spiro atoms. The molecule has 0 saturated carbocycles. The Hall–Kier alpha value is -1.51. The summed E-state index contributed by atoms with van der Waals surface area (Å²) in [6.07, 6.45) is 3.33. The first-order chi connectivity index (χ1) is 7.86. The van der Waals surface area contributed by atoms with Gasteiger partial charge < -0.3 is 5.21 Å². The van der Waals surface area contributed by atoms with E-state index in [9.17, 15) is 5.21 Å². The molecule has 84 valence electrons. The Labute approximate surface area is 95.6 Å². The predicted octanol–water partition coefficient (Wildman–Crippen LogP) is 2.14. The van der Waals surface area contributed by atoms with Gasteiger partial charge in [-0.1, -0.05) is 30.3 Å². The van der Waals surface area contributed by atoms with Crippen LogP contribution in [0.25, 0.3) is 0 Å². The van der Waals surface area contributed by atoms with E-state index in [1.165, 1.54) is 11.2 Å². The summed E-state index contributed by atoms with van der Waals surface area (Å²) in [6.45, 7) is 1.92. The molecule has 0 N–H and O–H groups in total. The standard InChI is InChI=1S/C13H16N2O/c16-15-12(11-6-2-1-3-7-11)10-14-9-5-4-8-13(14)15/h1-3,6-7,12H,4-5,8-10H2. The number of hydroxylamine groups is 1. The van der Waals surface area contributed by atoms with E-state index in [4.69, 9.17) is 0 Å². The van der Waals surface area contributed by atoms with E-state index in [1.807, 2.05) is 18.2 Å². The second-order valence-corrected chi connectivity index (χ2v) is 4.57. The summed E-state index contributed by atoms with van der Waals surface area (Å²) < 4.78 is 1.23. The van der Waals surface area contributed by atoms with Gasteiger partial charge in [-0.2, -0.15) is 0 Å². The Bertz CT molecular complexity index is 413. The fourth-order valence-corrected chi connectivity index (χ4v) is 2.70. The minimum atomic E-state index is 0.00861. The average Bonchev–Trinajstić information content (AvgIpc) is 2.69. The van der Waals surface area contributed by atoms with Gasteiger partial charge in [0.15, 0.2) is 6.04 Å². The molecule has 0 aliphatic carbocycles. The topological polar surface area (TPSA) is 29.3 Å². The van der Waals surface area contributed by atoms with Crippen LogP contribution in [0.4, 0.5) is 0 Å². The molecular weight excluding hydrogens is 200 g/mol. The maximum absolute atomic E-state index is 12.2. The zero-order chi connectivity index (χ0) is 11.0. The summed E-state index contributed by atoms with van der Waals surface area (Å²) in [6, 6.07) is 10.1. The molecule has 2 aliphatic heterocycles. The Kier molecular flexibility index (Phi) is 2.31. The summed E-state index contributed by atoms with van der Waals surface area (Å²) in [4.78, 5) is 2.26. The summed E-state index contributed by atoms with van der Waals surface area (Å²) in [7, 11) is 0. The maximum atomic E-state index is 12.2. The predicted molar refractivity (Wildman–Crippen MR) is 63.2 cm³/mol. The van der Waals surface area contributed by atoms with Gasteiger partial charge in [-0.15, -0.1) is 0 Å². The fraction of sp³-hybridized carbons (Fsp3) is 0.462. The van der Waals surface area contributed by atoms with Crippen LogP contribution in [0.1, 0.15) is 30.9 Å². The highest BCUT2D eigenvalue weighted by Crippen LogP contribution is 2.27. The SMILES string of the molecule is [O-][N+]1=C2CCCCN2CC1c1ccccc1. The van der Waals surface area contributed by atoms with E-state index in [0.717, 1.165) is 37.3 Å². The first kappa shape index (κ1) is 9.70.